The van der Waals surface area contributed by atoms with Gasteiger partial charge in [0.1, 0.15) is 11.4 Å². The van der Waals surface area contributed by atoms with E-state index in [0.29, 0.717) is 23.5 Å². The van der Waals surface area contributed by atoms with Gasteiger partial charge in [0.25, 0.3) is 0 Å². The van der Waals surface area contributed by atoms with Crippen LogP contribution < -0.4 is 10.1 Å². The van der Waals surface area contributed by atoms with E-state index >= 15 is 0 Å². The standard InChI is InChI=1S/C28H25N3O3/c1-20(32)29-24-12-8-11-22(17-24)26(33)16-15-23-19-31(18-21-9-4-3-5-10-21)30-28(23)25-13-6-7-14-27(25)34-2/h3-17,19H,18H2,1-2H3,(H,29,32). The van der Waals surface area contributed by atoms with Gasteiger partial charge < -0.3 is 10.1 Å². The number of para-hydroxylation sites is 1. The first-order chi connectivity index (χ1) is 16.5. The van der Waals surface area contributed by atoms with E-state index in [1.165, 1.54) is 13.0 Å². The van der Waals surface area contributed by atoms with Gasteiger partial charge in [-0.05, 0) is 42.0 Å². The van der Waals surface area contributed by atoms with Crippen molar-refractivity contribution in [1.82, 2.24) is 9.78 Å². The predicted octanol–water partition coefficient (Wildman–Crippen LogP) is 5.46. The topological polar surface area (TPSA) is 73.2 Å². The van der Waals surface area contributed by atoms with Crippen molar-refractivity contribution in [3.8, 4) is 17.0 Å². The molecule has 170 valence electrons. The van der Waals surface area contributed by atoms with Crippen molar-refractivity contribution >= 4 is 23.5 Å². The summed E-state index contributed by atoms with van der Waals surface area (Å²) in [7, 11) is 1.63. The van der Waals surface area contributed by atoms with Crippen LogP contribution in [0.5, 0.6) is 5.75 Å². The summed E-state index contributed by atoms with van der Waals surface area (Å²) in [5, 5.41) is 7.51. The van der Waals surface area contributed by atoms with Gasteiger partial charge >= 0.3 is 0 Å². The Morgan fingerprint density at radius 2 is 1.76 bits per heavy atom. The molecule has 6 nitrogen and oxygen atoms in total. The quantitative estimate of drug-likeness (QED) is 0.285. The first kappa shape index (κ1) is 22.7. The van der Waals surface area contributed by atoms with Gasteiger partial charge in [0, 0.05) is 35.5 Å². The summed E-state index contributed by atoms with van der Waals surface area (Å²) < 4.78 is 7.41. The van der Waals surface area contributed by atoms with E-state index in [0.717, 1.165) is 22.4 Å². The molecule has 0 aliphatic carbocycles. The van der Waals surface area contributed by atoms with Crippen molar-refractivity contribution in [3.63, 3.8) is 0 Å². The molecule has 0 radical (unpaired) electrons. The first-order valence-electron chi connectivity index (χ1n) is 10.9. The highest BCUT2D eigenvalue weighted by Gasteiger charge is 2.14. The third-order valence-corrected chi connectivity index (χ3v) is 5.22. The molecule has 0 atom stereocenters. The molecule has 4 rings (SSSR count). The fourth-order valence-electron chi connectivity index (χ4n) is 3.68. The fraction of sp³-hybridized carbons (Fsp3) is 0.107. The van der Waals surface area contributed by atoms with Gasteiger partial charge in [0.2, 0.25) is 5.91 Å². The van der Waals surface area contributed by atoms with Crippen molar-refractivity contribution in [2.45, 2.75) is 13.5 Å². The average molecular weight is 452 g/mol. The molecule has 0 aliphatic heterocycles. The third-order valence-electron chi connectivity index (χ3n) is 5.22. The van der Waals surface area contributed by atoms with Crippen LogP contribution in [0.15, 0.2) is 91.1 Å². The summed E-state index contributed by atoms with van der Waals surface area (Å²) in [5.41, 5.74) is 4.56. The van der Waals surface area contributed by atoms with Gasteiger partial charge in [-0.25, -0.2) is 0 Å². The highest BCUT2D eigenvalue weighted by Crippen LogP contribution is 2.32. The Bertz CT molecular complexity index is 1340. The van der Waals surface area contributed by atoms with E-state index < -0.39 is 0 Å². The van der Waals surface area contributed by atoms with Crippen molar-refractivity contribution in [2.24, 2.45) is 0 Å². The SMILES string of the molecule is COc1ccccc1-c1nn(Cc2ccccc2)cc1C=CC(=O)c1cccc(NC(C)=O)c1. The largest absolute Gasteiger partial charge is 0.496 e. The number of hydrogen-bond donors (Lipinski definition) is 1. The van der Waals surface area contributed by atoms with Crippen molar-refractivity contribution in [1.29, 1.82) is 0 Å². The number of benzene rings is 3. The highest BCUT2D eigenvalue weighted by molar-refractivity contribution is 6.08. The Kier molecular flexibility index (Phi) is 6.98. The number of anilines is 1. The van der Waals surface area contributed by atoms with Crippen LogP contribution in [0.1, 0.15) is 28.4 Å². The van der Waals surface area contributed by atoms with Gasteiger partial charge in [-0.15, -0.1) is 0 Å². The molecular formula is C28H25N3O3. The monoisotopic (exact) mass is 451 g/mol. The molecule has 0 aliphatic rings. The van der Waals surface area contributed by atoms with Crippen LogP contribution >= 0.6 is 0 Å². The van der Waals surface area contributed by atoms with Crippen molar-refractivity contribution < 1.29 is 14.3 Å². The number of methoxy groups -OCH3 is 1. The number of carbonyl (C=O) groups excluding carboxylic acids is 2. The average Bonchev–Trinajstić information content (AvgIpc) is 3.25. The first-order valence-corrected chi connectivity index (χ1v) is 10.9. The molecule has 3 aromatic carbocycles. The van der Waals surface area contributed by atoms with E-state index in [-0.39, 0.29) is 11.7 Å². The molecular weight excluding hydrogens is 426 g/mol. The van der Waals surface area contributed by atoms with Crippen LogP contribution in [0.2, 0.25) is 0 Å². The Labute approximate surface area is 198 Å². The Hall–Kier alpha value is -4.45. The summed E-state index contributed by atoms with van der Waals surface area (Å²) in [4.78, 5) is 24.2. The van der Waals surface area contributed by atoms with Crippen LogP contribution in [-0.4, -0.2) is 28.6 Å². The molecule has 34 heavy (non-hydrogen) atoms. The highest BCUT2D eigenvalue weighted by atomic mass is 16.5. The third kappa shape index (κ3) is 5.48. The Balaban J connectivity index is 1.67. The van der Waals surface area contributed by atoms with Gasteiger partial charge in [-0.1, -0.05) is 54.6 Å². The molecule has 4 aromatic rings. The zero-order valence-electron chi connectivity index (χ0n) is 19.1. The van der Waals surface area contributed by atoms with Gasteiger partial charge in [0.05, 0.1) is 13.7 Å². The maximum absolute atomic E-state index is 12.9. The fourth-order valence-corrected chi connectivity index (χ4v) is 3.68. The van der Waals surface area contributed by atoms with Crippen LogP contribution in [0.3, 0.4) is 0 Å². The van der Waals surface area contributed by atoms with E-state index in [1.54, 1.807) is 37.5 Å². The zero-order valence-corrected chi connectivity index (χ0v) is 19.1. The lowest BCUT2D eigenvalue weighted by atomic mass is 10.0. The van der Waals surface area contributed by atoms with Gasteiger partial charge in [0.15, 0.2) is 5.78 Å². The number of amides is 1. The summed E-state index contributed by atoms with van der Waals surface area (Å²) in [6.07, 6.45) is 5.21. The lowest BCUT2D eigenvalue weighted by molar-refractivity contribution is -0.114. The number of nitrogens with one attached hydrogen (secondary N) is 1. The molecule has 1 aromatic heterocycles. The maximum atomic E-state index is 12.9. The Morgan fingerprint density at radius 1 is 1.00 bits per heavy atom. The molecule has 0 saturated carbocycles. The van der Waals surface area contributed by atoms with Crippen LogP contribution in [0, 0.1) is 0 Å². The van der Waals surface area contributed by atoms with E-state index in [4.69, 9.17) is 9.84 Å². The minimum Gasteiger partial charge on any atom is -0.496 e. The summed E-state index contributed by atoms with van der Waals surface area (Å²) in [6, 6.07) is 24.6. The summed E-state index contributed by atoms with van der Waals surface area (Å²) in [5.74, 6) is 0.345. The number of allylic oxidation sites excluding steroid dienone is 1. The minimum atomic E-state index is -0.188. The zero-order chi connectivity index (χ0) is 23.9. The number of aromatic nitrogens is 2. The van der Waals surface area contributed by atoms with E-state index in [9.17, 15) is 9.59 Å². The molecule has 0 fully saturated rings. The number of ether oxygens (including phenoxy) is 1. The molecule has 1 amide bonds. The van der Waals surface area contributed by atoms with Crippen LogP contribution in [0.25, 0.3) is 17.3 Å². The number of nitrogens with zero attached hydrogens (tertiary/aromatic N) is 2. The molecule has 1 N–H and O–H groups in total. The molecule has 0 saturated heterocycles. The lowest BCUT2D eigenvalue weighted by Crippen LogP contribution is -2.06. The second-order valence-electron chi connectivity index (χ2n) is 7.78. The lowest BCUT2D eigenvalue weighted by Gasteiger charge is -2.07. The Morgan fingerprint density at radius 3 is 2.53 bits per heavy atom. The maximum Gasteiger partial charge on any atom is 0.221 e. The normalized spacial score (nSPS) is 10.9. The number of carbonyl (C=O) groups is 2. The van der Waals surface area contributed by atoms with Crippen molar-refractivity contribution in [2.75, 3.05) is 12.4 Å². The van der Waals surface area contributed by atoms with Gasteiger partial charge in [-0.2, -0.15) is 5.10 Å². The minimum absolute atomic E-state index is 0.172. The van der Waals surface area contributed by atoms with E-state index in [2.05, 4.69) is 5.32 Å². The predicted molar refractivity (Wildman–Crippen MR) is 134 cm³/mol. The number of rotatable bonds is 8. The second-order valence-corrected chi connectivity index (χ2v) is 7.78. The smallest absolute Gasteiger partial charge is 0.221 e. The molecule has 0 spiro atoms. The number of hydrogen-bond acceptors (Lipinski definition) is 4. The van der Waals surface area contributed by atoms with Crippen LogP contribution in [0.4, 0.5) is 5.69 Å². The summed E-state index contributed by atoms with van der Waals surface area (Å²) >= 11 is 0. The molecule has 1 heterocycles. The summed E-state index contributed by atoms with van der Waals surface area (Å²) in [6.45, 7) is 2.03. The van der Waals surface area contributed by atoms with E-state index in [1.807, 2.05) is 65.5 Å². The van der Waals surface area contributed by atoms with Crippen molar-refractivity contribution in [3.05, 3.63) is 108 Å². The van der Waals surface area contributed by atoms with Gasteiger partial charge in [-0.3, -0.25) is 14.3 Å². The molecule has 6 heteroatoms. The van der Waals surface area contributed by atoms with Crippen LogP contribution in [-0.2, 0) is 11.3 Å². The molecule has 0 bridgehead atoms. The second kappa shape index (κ2) is 10.4. The number of ketones is 1. The molecule has 0 unspecified atom stereocenters.